The Hall–Kier alpha value is -3.20. The molecule has 142 valence electrons. The van der Waals surface area contributed by atoms with E-state index in [1.54, 1.807) is 18.3 Å². The molecule has 0 bridgehead atoms. The van der Waals surface area contributed by atoms with Crippen molar-refractivity contribution in [3.63, 3.8) is 0 Å². The van der Waals surface area contributed by atoms with Gasteiger partial charge in [0, 0.05) is 18.3 Å². The Bertz CT molecular complexity index is 975. The minimum Gasteiger partial charge on any atom is -0.489 e. The molecule has 2 aromatic heterocycles. The predicted octanol–water partition coefficient (Wildman–Crippen LogP) is 2.47. The van der Waals surface area contributed by atoms with Crippen LogP contribution in [0.3, 0.4) is 0 Å². The molecule has 2 unspecified atom stereocenters. The summed E-state index contributed by atoms with van der Waals surface area (Å²) >= 11 is 0. The van der Waals surface area contributed by atoms with Crippen molar-refractivity contribution in [3.8, 4) is 5.75 Å². The van der Waals surface area contributed by atoms with Crippen LogP contribution in [-0.2, 0) is 0 Å². The summed E-state index contributed by atoms with van der Waals surface area (Å²) in [6.07, 6.45) is 2.62. The van der Waals surface area contributed by atoms with Crippen LogP contribution in [0.5, 0.6) is 5.75 Å². The Labute approximate surface area is 154 Å². The fourth-order valence-corrected chi connectivity index (χ4v) is 2.63. The quantitative estimate of drug-likeness (QED) is 0.583. The lowest BCUT2D eigenvalue weighted by molar-refractivity contribution is 0.0698. The van der Waals surface area contributed by atoms with E-state index in [0.29, 0.717) is 23.7 Å². The van der Waals surface area contributed by atoms with Crippen molar-refractivity contribution in [1.82, 2.24) is 14.6 Å². The SMILES string of the molecule is CC(CN)Oc1ccc(F)cc1C(C)Nc1ccn2ncc(C(=O)O)c2n1. The maximum Gasteiger partial charge on any atom is 0.341 e. The second-order valence-electron chi connectivity index (χ2n) is 6.16. The van der Waals surface area contributed by atoms with Gasteiger partial charge in [0.15, 0.2) is 5.65 Å². The van der Waals surface area contributed by atoms with Crippen LogP contribution < -0.4 is 15.8 Å². The van der Waals surface area contributed by atoms with Crippen LogP contribution in [-0.4, -0.2) is 38.3 Å². The molecule has 8 nitrogen and oxygen atoms in total. The Morgan fingerprint density at radius 3 is 2.89 bits per heavy atom. The average Bonchev–Trinajstić information content (AvgIpc) is 3.06. The van der Waals surface area contributed by atoms with Crippen LogP contribution in [0, 0.1) is 5.82 Å². The largest absolute Gasteiger partial charge is 0.489 e. The van der Waals surface area contributed by atoms with E-state index in [2.05, 4.69) is 15.4 Å². The number of carbonyl (C=O) groups is 1. The van der Waals surface area contributed by atoms with Gasteiger partial charge in [-0.1, -0.05) is 0 Å². The van der Waals surface area contributed by atoms with Crippen molar-refractivity contribution in [1.29, 1.82) is 0 Å². The first-order valence-electron chi connectivity index (χ1n) is 8.39. The number of carboxylic acids is 1. The smallest absolute Gasteiger partial charge is 0.341 e. The predicted molar refractivity (Wildman–Crippen MR) is 97.5 cm³/mol. The fourth-order valence-electron chi connectivity index (χ4n) is 2.63. The van der Waals surface area contributed by atoms with Crippen LogP contribution in [0.4, 0.5) is 10.2 Å². The van der Waals surface area contributed by atoms with Gasteiger partial charge >= 0.3 is 5.97 Å². The van der Waals surface area contributed by atoms with Crippen LogP contribution in [0.15, 0.2) is 36.7 Å². The number of nitrogens with one attached hydrogen (secondary N) is 1. The van der Waals surface area contributed by atoms with Crippen molar-refractivity contribution < 1.29 is 19.0 Å². The first-order valence-corrected chi connectivity index (χ1v) is 8.39. The molecule has 0 aliphatic heterocycles. The summed E-state index contributed by atoms with van der Waals surface area (Å²) in [5.41, 5.74) is 6.41. The summed E-state index contributed by atoms with van der Waals surface area (Å²) in [5, 5.41) is 16.3. The van der Waals surface area contributed by atoms with Crippen molar-refractivity contribution in [3.05, 3.63) is 53.6 Å². The second-order valence-corrected chi connectivity index (χ2v) is 6.16. The molecule has 3 rings (SSSR count). The number of rotatable bonds is 7. The lowest BCUT2D eigenvalue weighted by Crippen LogP contribution is -2.24. The summed E-state index contributed by atoms with van der Waals surface area (Å²) in [4.78, 5) is 15.6. The van der Waals surface area contributed by atoms with Gasteiger partial charge in [0.1, 0.15) is 29.1 Å². The standard InChI is InChI=1S/C18H20FN5O3/c1-10(8-20)27-15-4-3-12(19)7-13(15)11(2)22-16-5-6-24-17(23-16)14(9-21-24)18(25)26/h3-7,9-11H,8,20H2,1-2H3,(H,22,23)(H,25,26). The van der Waals surface area contributed by atoms with Gasteiger partial charge in [0.25, 0.3) is 0 Å². The van der Waals surface area contributed by atoms with E-state index in [1.165, 1.54) is 22.8 Å². The molecule has 0 aliphatic carbocycles. The van der Waals surface area contributed by atoms with Gasteiger partial charge in [-0.15, -0.1) is 0 Å². The first kappa shape index (κ1) is 18.6. The molecule has 0 radical (unpaired) electrons. The molecule has 3 aromatic rings. The maximum absolute atomic E-state index is 13.8. The van der Waals surface area contributed by atoms with Gasteiger partial charge in [-0.3, -0.25) is 0 Å². The number of aromatic nitrogens is 3. The third-order valence-electron chi connectivity index (χ3n) is 4.06. The zero-order chi connectivity index (χ0) is 19.6. The van der Waals surface area contributed by atoms with Gasteiger partial charge in [0.05, 0.1) is 12.2 Å². The molecule has 2 atom stereocenters. The number of carboxylic acid groups (broad SMARTS) is 1. The van der Waals surface area contributed by atoms with Gasteiger partial charge in [-0.25, -0.2) is 18.7 Å². The van der Waals surface area contributed by atoms with Gasteiger partial charge < -0.3 is 20.9 Å². The Balaban J connectivity index is 1.90. The first-order chi connectivity index (χ1) is 12.9. The van der Waals surface area contributed by atoms with Crippen LogP contribution in [0.25, 0.3) is 5.65 Å². The molecule has 9 heteroatoms. The molecular formula is C18H20FN5O3. The third kappa shape index (κ3) is 3.98. The lowest BCUT2D eigenvalue weighted by Gasteiger charge is -2.21. The highest BCUT2D eigenvalue weighted by atomic mass is 19.1. The minimum absolute atomic E-state index is 0.00199. The van der Waals surface area contributed by atoms with Crippen molar-refractivity contribution >= 4 is 17.4 Å². The highest BCUT2D eigenvalue weighted by Gasteiger charge is 2.17. The Morgan fingerprint density at radius 2 is 2.19 bits per heavy atom. The van der Waals surface area contributed by atoms with Crippen molar-refractivity contribution in [2.24, 2.45) is 5.73 Å². The fraction of sp³-hybridized carbons (Fsp3) is 0.278. The average molecular weight is 373 g/mol. The summed E-state index contributed by atoms with van der Waals surface area (Å²) in [5.74, 6) is -0.552. The molecule has 0 fully saturated rings. The Kier molecular flexibility index (Phi) is 5.22. The number of benzene rings is 1. The molecule has 0 amide bonds. The number of fused-ring (bicyclic) bond motifs is 1. The molecule has 2 heterocycles. The molecule has 0 saturated carbocycles. The molecule has 0 spiro atoms. The van der Waals surface area contributed by atoms with Crippen molar-refractivity contribution in [2.75, 3.05) is 11.9 Å². The van der Waals surface area contributed by atoms with Crippen LogP contribution in [0.1, 0.15) is 35.8 Å². The highest BCUT2D eigenvalue weighted by Crippen LogP contribution is 2.29. The monoisotopic (exact) mass is 373 g/mol. The number of nitrogens with two attached hydrogens (primary N) is 1. The number of anilines is 1. The molecule has 4 N–H and O–H groups in total. The third-order valence-corrected chi connectivity index (χ3v) is 4.06. The highest BCUT2D eigenvalue weighted by molar-refractivity contribution is 5.94. The summed E-state index contributed by atoms with van der Waals surface area (Å²) < 4.78 is 20.9. The zero-order valence-corrected chi connectivity index (χ0v) is 14.9. The van der Waals surface area contributed by atoms with Crippen LogP contribution in [0.2, 0.25) is 0 Å². The maximum atomic E-state index is 13.8. The van der Waals surface area contributed by atoms with E-state index in [0.717, 1.165) is 0 Å². The molecule has 1 aromatic carbocycles. The number of halogens is 1. The number of hydrogen-bond donors (Lipinski definition) is 3. The number of aromatic carboxylic acids is 1. The van der Waals surface area contributed by atoms with E-state index in [1.807, 2.05) is 13.8 Å². The topological polar surface area (TPSA) is 115 Å². The second kappa shape index (κ2) is 7.58. The summed E-state index contributed by atoms with van der Waals surface area (Å²) in [6.45, 7) is 3.99. The zero-order valence-electron chi connectivity index (χ0n) is 14.9. The van der Waals surface area contributed by atoms with Gasteiger partial charge in [0.2, 0.25) is 0 Å². The van der Waals surface area contributed by atoms with E-state index in [-0.39, 0.29) is 23.4 Å². The van der Waals surface area contributed by atoms with E-state index in [9.17, 15) is 14.3 Å². The van der Waals surface area contributed by atoms with E-state index in [4.69, 9.17) is 10.5 Å². The van der Waals surface area contributed by atoms with Crippen molar-refractivity contribution in [2.45, 2.75) is 26.0 Å². The Morgan fingerprint density at radius 1 is 1.41 bits per heavy atom. The summed E-state index contributed by atoms with van der Waals surface area (Å²) in [7, 11) is 0. The van der Waals surface area contributed by atoms with E-state index >= 15 is 0 Å². The normalized spacial score (nSPS) is 13.3. The van der Waals surface area contributed by atoms with Gasteiger partial charge in [-0.05, 0) is 38.1 Å². The molecule has 27 heavy (non-hydrogen) atoms. The lowest BCUT2D eigenvalue weighted by atomic mass is 10.1. The molecule has 0 saturated heterocycles. The molecule has 0 aliphatic rings. The van der Waals surface area contributed by atoms with E-state index < -0.39 is 11.8 Å². The minimum atomic E-state index is -1.11. The summed E-state index contributed by atoms with van der Waals surface area (Å²) in [6, 6.07) is 5.57. The number of ether oxygens (including phenoxy) is 1. The van der Waals surface area contributed by atoms with Gasteiger partial charge in [-0.2, -0.15) is 5.10 Å². The van der Waals surface area contributed by atoms with Crippen LogP contribution >= 0.6 is 0 Å². The number of hydrogen-bond acceptors (Lipinski definition) is 6. The molecular weight excluding hydrogens is 353 g/mol. The number of nitrogens with zero attached hydrogens (tertiary/aromatic N) is 3.